The lowest BCUT2D eigenvalue weighted by molar-refractivity contribution is -0.133. The Morgan fingerprint density at radius 3 is 2.15 bits per heavy atom. The Morgan fingerprint density at radius 1 is 0.923 bits per heavy atom. The number of nitrogens with one attached hydrogen (secondary N) is 1. The topological polar surface area (TPSA) is 52.7 Å². The molecule has 0 bridgehead atoms. The molecule has 3 rings (SSSR count). The molecule has 1 aliphatic heterocycles. The van der Waals surface area contributed by atoms with Crippen LogP contribution in [0.15, 0.2) is 54.6 Å². The predicted octanol–water partition coefficient (Wildman–Crippen LogP) is 2.46. The van der Waals surface area contributed by atoms with Gasteiger partial charge in [0.1, 0.15) is 6.04 Å². The number of anilines is 1. The van der Waals surface area contributed by atoms with Crippen LogP contribution in [0.5, 0.6) is 0 Å². The van der Waals surface area contributed by atoms with Crippen LogP contribution in [0.1, 0.15) is 22.8 Å². The van der Waals surface area contributed by atoms with Crippen LogP contribution in [0, 0.1) is 6.92 Å². The first kappa shape index (κ1) is 18.0. The lowest BCUT2D eigenvalue weighted by atomic mass is 10.1. The zero-order valence-corrected chi connectivity index (χ0v) is 15.3. The van der Waals surface area contributed by atoms with Crippen LogP contribution in [0.25, 0.3) is 0 Å². The van der Waals surface area contributed by atoms with Crippen molar-refractivity contribution in [2.45, 2.75) is 19.9 Å². The van der Waals surface area contributed by atoms with Crippen molar-refractivity contribution in [1.82, 2.24) is 10.2 Å². The molecule has 1 saturated heterocycles. The molecule has 0 unspecified atom stereocenters. The van der Waals surface area contributed by atoms with Gasteiger partial charge in [-0.05, 0) is 38.1 Å². The molecule has 0 radical (unpaired) electrons. The second kappa shape index (κ2) is 8.04. The molecule has 1 aliphatic rings. The van der Waals surface area contributed by atoms with E-state index in [2.05, 4.69) is 22.3 Å². The summed E-state index contributed by atoms with van der Waals surface area (Å²) in [7, 11) is 0. The van der Waals surface area contributed by atoms with E-state index in [-0.39, 0.29) is 11.8 Å². The van der Waals surface area contributed by atoms with Crippen LogP contribution >= 0.6 is 0 Å². The molecule has 26 heavy (non-hydrogen) atoms. The zero-order valence-electron chi connectivity index (χ0n) is 15.3. The summed E-state index contributed by atoms with van der Waals surface area (Å²) < 4.78 is 0. The van der Waals surface area contributed by atoms with Gasteiger partial charge in [-0.2, -0.15) is 0 Å². The lowest BCUT2D eigenvalue weighted by Gasteiger charge is -2.37. The molecule has 5 heteroatoms. The molecule has 2 aromatic carbocycles. The van der Waals surface area contributed by atoms with Gasteiger partial charge in [-0.15, -0.1) is 0 Å². The molecule has 2 amide bonds. The van der Waals surface area contributed by atoms with Gasteiger partial charge in [-0.1, -0.05) is 35.9 Å². The van der Waals surface area contributed by atoms with E-state index < -0.39 is 6.04 Å². The molecular formula is C21H25N3O2. The summed E-state index contributed by atoms with van der Waals surface area (Å²) in [6.07, 6.45) is 0. The van der Waals surface area contributed by atoms with E-state index in [9.17, 15) is 9.59 Å². The highest BCUT2D eigenvalue weighted by Crippen LogP contribution is 2.16. The fourth-order valence-corrected chi connectivity index (χ4v) is 3.14. The Bertz CT molecular complexity index is 751. The number of hydrogen-bond donors (Lipinski definition) is 1. The minimum absolute atomic E-state index is 0.0295. The van der Waals surface area contributed by atoms with Gasteiger partial charge >= 0.3 is 0 Å². The fourth-order valence-electron chi connectivity index (χ4n) is 3.14. The largest absolute Gasteiger partial charge is 0.368 e. The molecule has 5 nitrogen and oxygen atoms in total. The lowest BCUT2D eigenvalue weighted by Crippen LogP contribution is -2.54. The number of hydrogen-bond acceptors (Lipinski definition) is 3. The highest BCUT2D eigenvalue weighted by atomic mass is 16.2. The van der Waals surface area contributed by atoms with Gasteiger partial charge in [-0.3, -0.25) is 9.59 Å². The number of benzene rings is 2. The molecule has 1 fully saturated rings. The van der Waals surface area contributed by atoms with Crippen molar-refractivity contribution in [2.75, 3.05) is 31.1 Å². The summed E-state index contributed by atoms with van der Waals surface area (Å²) in [5, 5.41) is 2.81. The molecule has 136 valence electrons. The van der Waals surface area contributed by atoms with Gasteiger partial charge in [0.05, 0.1) is 0 Å². The van der Waals surface area contributed by atoms with E-state index in [1.807, 2.05) is 42.2 Å². The number of piperazine rings is 1. The van der Waals surface area contributed by atoms with Crippen molar-refractivity contribution in [3.8, 4) is 0 Å². The van der Waals surface area contributed by atoms with Crippen LogP contribution in [-0.2, 0) is 4.79 Å². The van der Waals surface area contributed by atoms with Crippen molar-refractivity contribution in [1.29, 1.82) is 0 Å². The molecule has 0 saturated carbocycles. The first-order valence-electron chi connectivity index (χ1n) is 9.01. The maximum Gasteiger partial charge on any atom is 0.251 e. The molecule has 0 aromatic heterocycles. The number of amides is 2. The maximum absolute atomic E-state index is 12.7. The first-order chi connectivity index (χ1) is 12.5. The van der Waals surface area contributed by atoms with Crippen molar-refractivity contribution in [2.24, 2.45) is 0 Å². The quantitative estimate of drug-likeness (QED) is 0.921. The number of carbonyl (C=O) groups excluding carboxylic acids is 2. The first-order valence-corrected chi connectivity index (χ1v) is 9.01. The van der Waals surface area contributed by atoms with E-state index >= 15 is 0 Å². The molecule has 1 atom stereocenters. The standard InChI is InChI=1S/C21H25N3O2/c1-16-8-10-18(11-9-16)20(25)22-17(2)21(26)24-14-12-23(13-15-24)19-6-4-3-5-7-19/h3-11,17H,12-15H2,1-2H3,(H,22,25)/t17-/m0/s1. The summed E-state index contributed by atoms with van der Waals surface area (Å²) in [6.45, 7) is 6.65. The molecule has 0 aliphatic carbocycles. The Morgan fingerprint density at radius 2 is 1.54 bits per heavy atom. The third-order valence-corrected chi connectivity index (χ3v) is 4.74. The van der Waals surface area contributed by atoms with Crippen LogP contribution in [0.3, 0.4) is 0 Å². The second-order valence-corrected chi connectivity index (χ2v) is 6.71. The minimum Gasteiger partial charge on any atom is -0.368 e. The Balaban J connectivity index is 1.53. The van der Waals surface area contributed by atoms with Crippen LogP contribution in [0.4, 0.5) is 5.69 Å². The van der Waals surface area contributed by atoms with Crippen molar-refractivity contribution in [3.05, 3.63) is 65.7 Å². The second-order valence-electron chi connectivity index (χ2n) is 6.71. The molecular weight excluding hydrogens is 326 g/mol. The van der Waals surface area contributed by atoms with Gasteiger partial charge in [0.15, 0.2) is 0 Å². The molecule has 1 heterocycles. The number of aryl methyl sites for hydroxylation is 1. The van der Waals surface area contributed by atoms with Gasteiger partial charge < -0.3 is 15.1 Å². The van der Waals surface area contributed by atoms with Crippen molar-refractivity contribution >= 4 is 17.5 Å². The maximum atomic E-state index is 12.7. The minimum atomic E-state index is -0.535. The number of carbonyl (C=O) groups is 2. The highest BCUT2D eigenvalue weighted by molar-refractivity contribution is 5.97. The van der Waals surface area contributed by atoms with Crippen LogP contribution in [-0.4, -0.2) is 48.9 Å². The van der Waals surface area contributed by atoms with Crippen LogP contribution < -0.4 is 10.2 Å². The van der Waals surface area contributed by atoms with Gasteiger partial charge in [0.25, 0.3) is 5.91 Å². The molecule has 0 spiro atoms. The summed E-state index contributed by atoms with van der Waals surface area (Å²) >= 11 is 0. The summed E-state index contributed by atoms with van der Waals surface area (Å²) in [5.74, 6) is -0.244. The van der Waals surface area contributed by atoms with Gasteiger partial charge in [0, 0.05) is 37.4 Å². The molecule has 2 aromatic rings. The van der Waals surface area contributed by atoms with E-state index in [0.29, 0.717) is 18.7 Å². The number of para-hydroxylation sites is 1. The van der Waals surface area contributed by atoms with E-state index in [4.69, 9.17) is 0 Å². The van der Waals surface area contributed by atoms with Gasteiger partial charge in [-0.25, -0.2) is 0 Å². The predicted molar refractivity (Wildman–Crippen MR) is 103 cm³/mol. The molecule has 1 N–H and O–H groups in total. The fraction of sp³-hybridized carbons (Fsp3) is 0.333. The summed E-state index contributed by atoms with van der Waals surface area (Å²) in [4.78, 5) is 29.1. The number of nitrogens with zero attached hydrogens (tertiary/aromatic N) is 2. The van der Waals surface area contributed by atoms with E-state index in [1.54, 1.807) is 19.1 Å². The van der Waals surface area contributed by atoms with Crippen molar-refractivity contribution in [3.63, 3.8) is 0 Å². The Labute approximate surface area is 154 Å². The third kappa shape index (κ3) is 4.23. The SMILES string of the molecule is Cc1ccc(C(=O)N[C@@H](C)C(=O)N2CCN(c3ccccc3)CC2)cc1. The van der Waals surface area contributed by atoms with E-state index in [1.165, 1.54) is 5.69 Å². The highest BCUT2D eigenvalue weighted by Gasteiger charge is 2.26. The zero-order chi connectivity index (χ0) is 18.5. The average Bonchev–Trinajstić information content (AvgIpc) is 2.68. The van der Waals surface area contributed by atoms with E-state index in [0.717, 1.165) is 18.7 Å². The monoisotopic (exact) mass is 351 g/mol. The van der Waals surface area contributed by atoms with Crippen molar-refractivity contribution < 1.29 is 9.59 Å². The Kier molecular flexibility index (Phi) is 5.56. The summed E-state index contributed by atoms with van der Waals surface area (Å²) in [5.41, 5.74) is 2.85. The van der Waals surface area contributed by atoms with Crippen LogP contribution in [0.2, 0.25) is 0 Å². The normalized spacial score (nSPS) is 15.5. The smallest absolute Gasteiger partial charge is 0.251 e. The van der Waals surface area contributed by atoms with Gasteiger partial charge in [0.2, 0.25) is 5.91 Å². The number of rotatable bonds is 4. The average molecular weight is 351 g/mol. The summed E-state index contributed by atoms with van der Waals surface area (Å²) in [6, 6.07) is 17.0. The Hall–Kier alpha value is -2.82. The third-order valence-electron chi connectivity index (χ3n) is 4.74.